The summed E-state index contributed by atoms with van der Waals surface area (Å²) in [6.07, 6.45) is 1.47. The van der Waals surface area contributed by atoms with Crippen LogP contribution in [0.15, 0.2) is 24.3 Å². The maximum Gasteiger partial charge on any atom is 0.253 e. The van der Waals surface area contributed by atoms with Crippen LogP contribution in [-0.4, -0.2) is 49.9 Å². The second-order valence-corrected chi connectivity index (χ2v) is 7.55. The molecule has 1 N–H and O–H groups in total. The second kappa shape index (κ2) is 8.37. The fourth-order valence-corrected chi connectivity index (χ4v) is 2.94. The van der Waals surface area contributed by atoms with Gasteiger partial charge >= 0.3 is 0 Å². The molecule has 2 rings (SSSR count). The first-order valence-electron chi connectivity index (χ1n) is 9.16. The Labute approximate surface area is 151 Å². The van der Waals surface area contributed by atoms with Crippen LogP contribution < -0.4 is 10.2 Å². The van der Waals surface area contributed by atoms with Crippen molar-refractivity contribution in [3.05, 3.63) is 29.8 Å². The van der Waals surface area contributed by atoms with Gasteiger partial charge in [-0.15, -0.1) is 0 Å². The van der Waals surface area contributed by atoms with E-state index in [0.29, 0.717) is 24.6 Å². The number of nitrogens with zero attached hydrogens (tertiary/aromatic N) is 2. The highest BCUT2D eigenvalue weighted by Crippen LogP contribution is 2.21. The number of anilines is 1. The Morgan fingerprint density at radius 1 is 1.08 bits per heavy atom. The van der Waals surface area contributed by atoms with Crippen LogP contribution in [0.1, 0.15) is 44.0 Å². The molecular formula is C20H31N3O2. The van der Waals surface area contributed by atoms with E-state index < -0.39 is 0 Å². The number of piperidine rings is 1. The molecule has 5 heteroatoms. The van der Waals surface area contributed by atoms with Gasteiger partial charge in [0.15, 0.2) is 0 Å². The van der Waals surface area contributed by atoms with Crippen molar-refractivity contribution < 1.29 is 9.59 Å². The molecule has 5 nitrogen and oxygen atoms in total. The summed E-state index contributed by atoms with van der Waals surface area (Å²) < 4.78 is 0. The van der Waals surface area contributed by atoms with E-state index in [9.17, 15) is 9.59 Å². The number of likely N-dealkylation sites (tertiary alicyclic amines) is 1. The van der Waals surface area contributed by atoms with E-state index in [0.717, 1.165) is 18.5 Å². The SMILES string of the molecule is CC(C)[C@H](C)NC(=O)C1CCN(C(=O)c2ccc(N(C)C)cc2)CC1. The minimum Gasteiger partial charge on any atom is -0.378 e. The zero-order chi connectivity index (χ0) is 18.6. The van der Waals surface area contributed by atoms with Crippen molar-refractivity contribution in [3.63, 3.8) is 0 Å². The molecule has 25 heavy (non-hydrogen) atoms. The minimum atomic E-state index is 0.0152. The molecule has 0 unspecified atom stereocenters. The summed E-state index contributed by atoms with van der Waals surface area (Å²) in [6.45, 7) is 7.53. The van der Waals surface area contributed by atoms with Crippen molar-refractivity contribution >= 4 is 17.5 Å². The third-order valence-corrected chi connectivity index (χ3v) is 5.15. The molecule has 0 spiro atoms. The Hall–Kier alpha value is -2.04. The van der Waals surface area contributed by atoms with Crippen LogP contribution in [0, 0.1) is 11.8 Å². The van der Waals surface area contributed by atoms with Gasteiger partial charge in [-0.25, -0.2) is 0 Å². The number of carbonyl (C=O) groups excluding carboxylic acids is 2. The second-order valence-electron chi connectivity index (χ2n) is 7.55. The van der Waals surface area contributed by atoms with Crippen LogP contribution in [0.5, 0.6) is 0 Å². The zero-order valence-electron chi connectivity index (χ0n) is 16.1. The lowest BCUT2D eigenvalue weighted by Crippen LogP contribution is -2.45. The van der Waals surface area contributed by atoms with Crippen molar-refractivity contribution in [2.24, 2.45) is 11.8 Å². The number of amides is 2. The molecule has 0 saturated carbocycles. The number of benzene rings is 1. The highest BCUT2D eigenvalue weighted by atomic mass is 16.2. The average molecular weight is 345 g/mol. The lowest BCUT2D eigenvalue weighted by Gasteiger charge is -2.32. The van der Waals surface area contributed by atoms with Crippen LogP contribution >= 0.6 is 0 Å². The maximum absolute atomic E-state index is 12.6. The van der Waals surface area contributed by atoms with Crippen molar-refractivity contribution in [3.8, 4) is 0 Å². The maximum atomic E-state index is 12.6. The first-order chi connectivity index (χ1) is 11.8. The monoisotopic (exact) mass is 345 g/mol. The highest BCUT2D eigenvalue weighted by Gasteiger charge is 2.28. The molecule has 1 aromatic carbocycles. The van der Waals surface area contributed by atoms with Crippen LogP contribution in [0.2, 0.25) is 0 Å². The van der Waals surface area contributed by atoms with Gasteiger partial charge < -0.3 is 15.1 Å². The van der Waals surface area contributed by atoms with Crippen LogP contribution in [0.25, 0.3) is 0 Å². The van der Waals surface area contributed by atoms with Crippen molar-refractivity contribution in [1.82, 2.24) is 10.2 Å². The Morgan fingerprint density at radius 2 is 1.64 bits per heavy atom. The van der Waals surface area contributed by atoms with Crippen LogP contribution in [0.3, 0.4) is 0 Å². The molecule has 0 radical (unpaired) electrons. The zero-order valence-corrected chi connectivity index (χ0v) is 16.1. The number of rotatable bonds is 5. The molecule has 138 valence electrons. The summed E-state index contributed by atoms with van der Waals surface area (Å²) in [5.74, 6) is 0.625. The molecule has 1 atom stereocenters. The fraction of sp³-hybridized carbons (Fsp3) is 0.600. The number of carbonyl (C=O) groups is 2. The van der Waals surface area contributed by atoms with E-state index in [1.807, 2.05) is 55.1 Å². The number of nitrogens with one attached hydrogen (secondary N) is 1. The molecule has 1 aliphatic heterocycles. The molecule has 2 amide bonds. The lowest BCUT2D eigenvalue weighted by molar-refractivity contribution is -0.127. The van der Waals surface area contributed by atoms with Gasteiger partial charge in [-0.2, -0.15) is 0 Å². The molecule has 1 aliphatic rings. The van der Waals surface area contributed by atoms with Crippen molar-refractivity contribution in [2.45, 2.75) is 39.7 Å². The summed E-state index contributed by atoms with van der Waals surface area (Å²) in [6, 6.07) is 7.85. The predicted octanol–water partition coefficient (Wildman–Crippen LogP) is 2.77. The van der Waals surface area contributed by atoms with Gasteiger partial charge in [0.05, 0.1) is 0 Å². The Morgan fingerprint density at radius 3 is 2.12 bits per heavy atom. The van der Waals surface area contributed by atoms with Gasteiger partial charge in [-0.3, -0.25) is 9.59 Å². The van der Waals surface area contributed by atoms with E-state index >= 15 is 0 Å². The van der Waals surface area contributed by atoms with Gasteiger partial charge in [0.1, 0.15) is 0 Å². The highest BCUT2D eigenvalue weighted by molar-refractivity contribution is 5.94. The van der Waals surface area contributed by atoms with Gasteiger partial charge in [0, 0.05) is 50.4 Å². The predicted molar refractivity (Wildman–Crippen MR) is 102 cm³/mol. The van der Waals surface area contributed by atoms with Crippen molar-refractivity contribution in [2.75, 3.05) is 32.1 Å². The minimum absolute atomic E-state index is 0.0152. The Kier molecular flexibility index (Phi) is 6.45. The number of hydrogen-bond donors (Lipinski definition) is 1. The molecule has 1 aromatic rings. The van der Waals surface area contributed by atoms with Crippen LogP contribution in [-0.2, 0) is 4.79 Å². The molecule has 1 heterocycles. The summed E-state index contributed by atoms with van der Waals surface area (Å²) >= 11 is 0. The van der Waals surface area contributed by atoms with Crippen LogP contribution in [0.4, 0.5) is 5.69 Å². The van der Waals surface area contributed by atoms with E-state index in [1.165, 1.54) is 0 Å². The molecular weight excluding hydrogens is 314 g/mol. The number of hydrogen-bond acceptors (Lipinski definition) is 3. The van der Waals surface area contributed by atoms with Gasteiger partial charge in [0.25, 0.3) is 5.91 Å². The molecule has 0 bridgehead atoms. The largest absolute Gasteiger partial charge is 0.378 e. The summed E-state index contributed by atoms with van der Waals surface area (Å²) in [5, 5.41) is 3.09. The topological polar surface area (TPSA) is 52.7 Å². The van der Waals surface area contributed by atoms with Gasteiger partial charge in [-0.05, 0) is 49.9 Å². The Balaban J connectivity index is 1.88. The molecule has 1 fully saturated rings. The Bertz CT molecular complexity index is 587. The first kappa shape index (κ1) is 19.3. The fourth-order valence-electron chi connectivity index (χ4n) is 2.94. The smallest absolute Gasteiger partial charge is 0.253 e. The first-order valence-corrected chi connectivity index (χ1v) is 9.16. The van der Waals surface area contributed by atoms with E-state index in [2.05, 4.69) is 19.2 Å². The van der Waals surface area contributed by atoms with Crippen molar-refractivity contribution in [1.29, 1.82) is 0 Å². The third kappa shape index (κ3) is 4.97. The van der Waals surface area contributed by atoms with Gasteiger partial charge in [0.2, 0.25) is 5.91 Å². The third-order valence-electron chi connectivity index (χ3n) is 5.15. The quantitative estimate of drug-likeness (QED) is 0.893. The molecule has 0 aromatic heterocycles. The standard InChI is InChI=1S/C20H31N3O2/c1-14(2)15(3)21-19(24)16-10-12-23(13-11-16)20(25)17-6-8-18(9-7-17)22(4)5/h6-9,14-16H,10-13H2,1-5H3,(H,21,24)/t15-/m0/s1. The normalized spacial score (nSPS) is 16.6. The molecule has 1 saturated heterocycles. The summed E-state index contributed by atoms with van der Waals surface area (Å²) in [4.78, 5) is 28.8. The lowest BCUT2D eigenvalue weighted by atomic mass is 9.94. The summed E-state index contributed by atoms with van der Waals surface area (Å²) in [5.41, 5.74) is 1.79. The van der Waals surface area contributed by atoms with E-state index in [-0.39, 0.29) is 23.8 Å². The van der Waals surface area contributed by atoms with E-state index in [4.69, 9.17) is 0 Å². The summed E-state index contributed by atoms with van der Waals surface area (Å²) in [7, 11) is 3.96. The van der Waals surface area contributed by atoms with E-state index in [1.54, 1.807) is 0 Å². The van der Waals surface area contributed by atoms with Gasteiger partial charge in [-0.1, -0.05) is 13.8 Å². The molecule has 0 aliphatic carbocycles. The average Bonchev–Trinajstić information content (AvgIpc) is 2.61.